The lowest BCUT2D eigenvalue weighted by Gasteiger charge is -2.51. The van der Waals surface area contributed by atoms with Crippen molar-refractivity contribution >= 4 is 41.5 Å². The fraction of sp³-hybridized carbons (Fsp3) is 0. The Hall–Kier alpha value is -7.16. The first-order valence-electron chi connectivity index (χ1n) is 17.9. The SMILES string of the molecule is c1cncc(-c2ccc3c(c2)N2c4ccccc4Oc4ccccc4[Si]24c2ccccc2Oc2ccccc2N4c2cc(-c4cccnc4)ccc2O3)c1. The number of benzene rings is 6. The summed E-state index contributed by atoms with van der Waals surface area (Å²) >= 11 is 0. The molecule has 0 fully saturated rings. The summed E-state index contributed by atoms with van der Waals surface area (Å²) in [6, 6.07) is 54.6. The van der Waals surface area contributed by atoms with Crippen LogP contribution in [-0.4, -0.2) is 18.4 Å². The van der Waals surface area contributed by atoms with Gasteiger partial charge in [-0.1, -0.05) is 84.9 Å². The van der Waals surface area contributed by atoms with Crippen LogP contribution in [-0.2, 0) is 0 Å². The molecule has 0 saturated heterocycles. The molecule has 54 heavy (non-hydrogen) atoms. The van der Waals surface area contributed by atoms with Crippen LogP contribution in [0, 0.1) is 0 Å². The van der Waals surface area contributed by atoms with Crippen molar-refractivity contribution in [3.63, 3.8) is 0 Å². The standard InChI is InChI=1S/C46H30N4O3Si/c1-3-15-39-35(13-1)49-37-27-31(33-11-9-25-47-29-33)21-23-41(37)51-42-24-22-32(34-12-10-26-48-30-34)28-38(42)50-36-14-2-4-16-40(36)53-44-18-6-8-20-46(44)54(49,50)45-19-7-5-17-43(45)52-39/h1-30H. The van der Waals surface area contributed by atoms with E-state index in [-0.39, 0.29) is 0 Å². The first kappa shape index (κ1) is 30.5. The van der Waals surface area contributed by atoms with Crippen LogP contribution in [0.25, 0.3) is 22.3 Å². The molecular formula is C46H30N4O3Si. The number of nitrogens with zero attached hydrogens (tertiary/aromatic N) is 4. The lowest BCUT2D eigenvalue weighted by molar-refractivity contribution is 0.483. The minimum atomic E-state index is -3.69. The van der Waals surface area contributed by atoms with Crippen molar-refractivity contribution in [2.24, 2.45) is 0 Å². The van der Waals surface area contributed by atoms with Crippen molar-refractivity contribution in [3.8, 4) is 56.8 Å². The number of rotatable bonds is 2. The van der Waals surface area contributed by atoms with E-state index in [0.29, 0.717) is 0 Å². The molecule has 256 valence electrons. The zero-order valence-electron chi connectivity index (χ0n) is 28.8. The Kier molecular flexibility index (Phi) is 6.74. The normalized spacial score (nSPS) is 14.1. The van der Waals surface area contributed by atoms with E-state index >= 15 is 0 Å². The van der Waals surface area contributed by atoms with Gasteiger partial charge in [0, 0.05) is 46.3 Å². The second kappa shape index (κ2) is 11.9. The minimum Gasteiger partial charge on any atom is -0.455 e. The highest BCUT2D eigenvalue weighted by molar-refractivity contribution is 7.10. The molecule has 3 aliphatic heterocycles. The zero-order chi connectivity index (χ0) is 35.6. The van der Waals surface area contributed by atoms with Crippen LogP contribution >= 0.6 is 0 Å². The van der Waals surface area contributed by atoms with Gasteiger partial charge in [-0.2, -0.15) is 0 Å². The van der Waals surface area contributed by atoms with Gasteiger partial charge in [0.05, 0.1) is 22.7 Å². The van der Waals surface area contributed by atoms with Gasteiger partial charge in [0.25, 0.3) is 0 Å². The van der Waals surface area contributed by atoms with Crippen molar-refractivity contribution < 1.29 is 14.2 Å². The highest BCUT2D eigenvalue weighted by Crippen LogP contribution is 2.56. The van der Waals surface area contributed by atoms with Crippen LogP contribution in [0.2, 0.25) is 0 Å². The first-order chi connectivity index (χ1) is 26.8. The summed E-state index contributed by atoms with van der Waals surface area (Å²) in [6.45, 7) is 0. The minimum absolute atomic E-state index is 0.717. The van der Waals surface area contributed by atoms with Crippen LogP contribution in [0.4, 0.5) is 22.7 Å². The summed E-state index contributed by atoms with van der Waals surface area (Å²) in [6.07, 6.45) is 7.41. The Labute approximate surface area is 313 Å². The van der Waals surface area contributed by atoms with Gasteiger partial charge >= 0.3 is 8.40 Å². The molecule has 0 N–H and O–H groups in total. The van der Waals surface area contributed by atoms with E-state index in [0.717, 1.165) is 89.9 Å². The molecule has 0 atom stereocenters. The summed E-state index contributed by atoms with van der Waals surface area (Å²) in [4.78, 5) is 8.96. The molecule has 2 aromatic heterocycles. The van der Waals surface area contributed by atoms with Crippen molar-refractivity contribution in [2.45, 2.75) is 0 Å². The predicted molar refractivity (Wildman–Crippen MR) is 215 cm³/mol. The molecule has 0 radical (unpaired) electrons. The van der Waals surface area contributed by atoms with Crippen molar-refractivity contribution in [1.82, 2.24) is 9.97 Å². The molecule has 0 amide bonds. The second-order valence-electron chi connectivity index (χ2n) is 13.4. The molecule has 3 aliphatic rings. The number of aromatic nitrogens is 2. The van der Waals surface area contributed by atoms with Gasteiger partial charge in [-0.3, -0.25) is 9.97 Å². The van der Waals surface area contributed by atoms with Crippen molar-refractivity contribution in [1.29, 1.82) is 0 Å². The van der Waals surface area contributed by atoms with Crippen LogP contribution in [0.5, 0.6) is 34.5 Å². The summed E-state index contributed by atoms with van der Waals surface area (Å²) < 4.78 is 26.3. The largest absolute Gasteiger partial charge is 0.455 e. The molecule has 0 aliphatic carbocycles. The second-order valence-corrected chi connectivity index (χ2v) is 16.7. The number of anilines is 4. The average Bonchev–Trinajstić information content (AvgIpc) is 3.44. The third kappa shape index (κ3) is 4.47. The van der Waals surface area contributed by atoms with Crippen LogP contribution in [0.1, 0.15) is 0 Å². The molecule has 0 unspecified atom stereocenters. The number of hydrogen-bond donors (Lipinski definition) is 0. The first-order valence-corrected chi connectivity index (χ1v) is 19.8. The van der Waals surface area contributed by atoms with Gasteiger partial charge in [0.2, 0.25) is 0 Å². The van der Waals surface area contributed by atoms with Crippen LogP contribution < -0.4 is 33.7 Å². The maximum Gasteiger partial charge on any atom is 0.348 e. The molecule has 0 saturated carbocycles. The highest BCUT2D eigenvalue weighted by atomic mass is 28.3. The van der Waals surface area contributed by atoms with Gasteiger partial charge in [0.15, 0.2) is 11.5 Å². The van der Waals surface area contributed by atoms with E-state index in [2.05, 4.69) is 153 Å². The molecule has 5 heterocycles. The lowest BCUT2D eigenvalue weighted by Crippen LogP contribution is -2.78. The fourth-order valence-electron chi connectivity index (χ4n) is 8.17. The Morgan fingerprint density at radius 2 is 0.759 bits per heavy atom. The maximum atomic E-state index is 7.17. The highest BCUT2D eigenvalue weighted by Gasteiger charge is 2.60. The van der Waals surface area contributed by atoms with E-state index in [1.165, 1.54) is 0 Å². The Morgan fingerprint density at radius 1 is 0.352 bits per heavy atom. The number of pyridine rings is 2. The van der Waals surface area contributed by atoms with E-state index < -0.39 is 8.40 Å². The van der Waals surface area contributed by atoms with Gasteiger partial charge in [-0.15, -0.1) is 0 Å². The van der Waals surface area contributed by atoms with Gasteiger partial charge in [0.1, 0.15) is 23.0 Å². The number of ether oxygens (including phenoxy) is 3. The van der Waals surface area contributed by atoms with Gasteiger partial charge in [-0.25, -0.2) is 0 Å². The molecule has 8 aromatic rings. The molecule has 1 spiro atoms. The Morgan fingerprint density at radius 3 is 1.22 bits per heavy atom. The monoisotopic (exact) mass is 714 g/mol. The van der Waals surface area contributed by atoms with E-state index in [1.807, 2.05) is 36.7 Å². The molecule has 0 bridgehead atoms. The number of para-hydroxylation sites is 6. The zero-order valence-corrected chi connectivity index (χ0v) is 29.8. The van der Waals surface area contributed by atoms with Crippen molar-refractivity contribution in [3.05, 3.63) is 183 Å². The Bertz CT molecular complexity index is 2550. The molecule has 11 rings (SSSR count). The average molecular weight is 715 g/mol. The fourth-order valence-corrected chi connectivity index (χ4v) is 13.3. The summed E-state index contributed by atoms with van der Waals surface area (Å²) in [5.41, 5.74) is 7.68. The van der Waals surface area contributed by atoms with Crippen molar-refractivity contribution in [2.75, 3.05) is 9.13 Å². The quantitative estimate of drug-likeness (QED) is 0.165. The van der Waals surface area contributed by atoms with E-state index in [9.17, 15) is 0 Å². The lowest BCUT2D eigenvalue weighted by atomic mass is 10.1. The third-order valence-electron chi connectivity index (χ3n) is 10.4. The van der Waals surface area contributed by atoms with Gasteiger partial charge < -0.3 is 23.3 Å². The van der Waals surface area contributed by atoms with Gasteiger partial charge in [-0.05, 0) is 83.9 Å². The maximum absolute atomic E-state index is 7.17. The smallest absolute Gasteiger partial charge is 0.348 e. The summed E-state index contributed by atoms with van der Waals surface area (Å²) in [5.74, 6) is 4.49. The van der Waals surface area contributed by atoms with Crippen LogP contribution in [0.3, 0.4) is 0 Å². The molecule has 7 nitrogen and oxygen atoms in total. The molecule has 6 aromatic carbocycles. The van der Waals surface area contributed by atoms with Crippen LogP contribution in [0.15, 0.2) is 183 Å². The summed E-state index contributed by atoms with van der Waals surface area (Å²) in [7, 11) is -3.69. The van der Waals surface area contributed by atoms with E-state index in [4.69, 9.17) is 14.2 Å². The van der Waals surface area contributed by atoms with E-state index in [1.54, 1.807) is 12.4 Å². The number of hydrogen-bond acceptors (Lipinski definition) is 7. The molecule has 8 heteroatoms. The third-order valence-corrected chi connectivity index (χ3v) is 15.0. The molecular weight excluding hydrogens is 685 g/mol. The Balaban J connectivity index is 1.37. The summed E-state index contributed by atoms with van der Waals surface area (Å²) in [5, 5.41) is 2.12. The number of fused-ring (bicyclic) bond motifs is 10. The predicted octanol–water partition coefficient (Wildman–Crippen LogP) is 10.4. The topological polar surface area (TPSA) is 60.0 Å².